The second-order valence-corrected chi connectivity index (χ2v) is 5.51. The van der Waals surface area contributed by atoms with Gasteiger partial charge < -0.3 is 15.8 Å². The molecule has 0 spiro atoms. The third-order valence-electron chi connectivity index (χ3n) is 3.11. The summed E-state index contributed by atoms with van der Waals surface area (Å²) in [5, 5.41) is 5.05. The number of hydrazine groups is 1. The molecule has 106 valence electrons. The quantitative estimate of drug-likeness (QED) is 0.429. The maximum absolute atomic E-state index is 11.2. The standard InChI is InChI=1S/C12H15N5O2S/c13-12(18)17(14)7-2-1-3-9-10(7)16-11(20-9)8-6-15-4-5-19-8/h1-3,8,15H,4-6,14H2,(H2,13,18). The number of fused-ring (bicyclic) bond motifs is 1. The van der Waals surface area contributed by atoms with E-state index < -0.39 is 6.03 Å². The number of rotatable bonds is 2. The van der Waals surface area contributed by atoms with Crippen molar-refractivity contribution in [2.24, 2.45) is 11.6 Å². The van der Waals surface area contributed by atoms with E-state index in [-0.39, 0.29) is 6.10 Å². The molecule has 7 nitrogen and oxygen atoms in total. The number of nitrogens with one attached hydrogen (secondary N) is 1. The summed E-state index contributed by atoms with van der Waals surface area (Å²) in [6.07, 6.45) is -0.0613. The summed E-state index contributed by atoms with van der Waals surface area (Å²) < 4.78 is 6.64. The van der Waals surface area contributed by atoms with Gasteiger partial charge in [-0.3, -0.25) is 0 Å². The number of amides is 2. The molecule has 3 rings (SSSR count). The Balaban J connectivity index is 2.02. The zero-order chi connectivity index (χ0) is 14.1. The van der Waals surface area contributed by atoms with Gasteiger partial charge >= 0.3 is 6.03 Å². The number of ether oxygens (including phenoxy) is 1. The van der Waals surface area contributed by atoms with Crippen molar-refractivity contribution >= 4 is 33.3 Å². The lowest BCUT2D eigenvalue weighted by Gasteiger charge is -2.21. The highest BCUT2D eigenvalue weighted by Crippen LogP contribution is 2.33. The molecule has 0 radical (unpaired) electrons. The van der Waals surface area contributed by atoms with Crippen molar-refractivity contribution in [2.45, 2.75) is 6.10 Å². The summed E-state index contributed by atoms with van der Waals surface area (Å²) >= 11 is 1.54. The highest BCUT2D eigenvalue weighted by Gasteiger charge is 2.21. The minimum atomic E-state index is -0.720. The smallest absolute Gasteiger partial charge is 0.333 e. The number of carbonyl (C=O) groups excluding carboxylic acids is 1. The lowest BCUT2D eigenvalue weighted by atomic mass is 10.2. The molecular weight excluding hydrogens is 278 g/mol. The van der Waals surface area contributed by atoms with E-state index in [1.807, 2.05) is 12.1 Å². The molecule has 0 bridgehead atoms. The molecule has 0 aliphatic carbocycles. The van der Waals surface area contributed by atoms with Gasteiger partial charge in [-0.15, -0.1) is 11.3 Å². The summed E-state index contributed by atoms with van der Waals surface area (Å²) in [7, 11) is 0. The van der Waals surface area contributed by atoms with Crippen LogP contribution in [0.4, 0.5) is 10.5 Å². The molecule has 2 heterocycles. The Morgan fingerprint density at radius 2 is 2.40 bits per heavy atom. The maximum Gasteiger partial charge on any atom is 0.333 e. The number of hydrogen-bond donors (Lipinski definition) is 3. The Hall–Kier alpha value is -1.74. The van der Waals surface area contributed by atoms with Crippen LogP contribution in [0.2, 0.25) is 0 Å². The number of morpholine rings is 1. The van der Waals surface area contributed by atoms with Gasteiger partial charge in [0.1, 0.15) is 16.6 Å². The van der Waals surface area contributed by atoms with Crippen molar-refractivity contribution < 1.29 is 9.53 Å². The van der Waals surface area contributed by atoms with E-state index in [0.717, 1.165) is 27.8 Å². The Morgan fingerprint density at radius 1 is 1.55 bits per heavy atom. The highest BCUT2D eigenvalue weighted by molar-refractivity contribution is 7.18. The van der Waals surface area contributed by atoms with Crippen molar-refractivity contribution in [2.75, 3.05) is 24.7 Å². The molecule has 1 saturated heterocycles. The number of aromatic nitrogens is 1. The molecular formula is C12H15N5O2S. The lowest BCUT2D eigenvalue weighted by molar-refractivity contribution is 0.0277. The van der Waals surface area contributed by atoms with E-state index in [1.54, 1.807) is 6.07 Å². The number of urea groups is 1. The monoisotopic (exact) mass is 293 g/mol. The predicted molar refractivity (Wildman–Crippen MR) is 77.4 cm³/mol. The Kier molecular flexibility index (Phi) is 3.53. The first-order valence-electron chi connectivity index (χ1n) is 6.23. The van der Waals surface area contributed by atoms with Crippen molar-refractivity contribution in [3.8, 4) is 0 Å². The normalized spacial score (nSPS) is 19.1. The molecule has 1 aromatic heterocycles. The number of nitrogens with zero attached hydrogens (tertiary/aromatic N) is 2. The summed E-state index contributed by atoms with van der Waals surface area (Å²) in [6.45, 7) is 2.25. The zero-order valence-electron chi connectivity index (χ0n) is 10.7. The average molecular weight is 293 g/mol. The molecule has 1 aliphatic heterocycles. The summed E-state index contributed by atoms with van der Waals surface area (Å²) in [6, 6.07) is 4.76. The maximum atomic E-state index is 11.2. The summed E-state index contributed by atoms with van der Waals surface area (Å²) in [5.41, 5.74) is 6.38. The third kappa shape index (κ3) is 2.34. The van der Waals surface area contributed by atoms with E-state index in [9.17, 15) is 4.79 Å². The van der Waals surface area contributed by atoms with E-state index in [1.165, 1.54) is 11.3 Å². The van der Waals surface area contributed by atoms with Crippen molar-refractivity contribution in [3.63, 3.8) is 0 Å². The van der Waals surface area contributed by atoms with Crippen molar-refractivity contribution in [1.29, 1.82) is 0 Å². The van der Waals surface area contributed by atoms with Gasteiger partial charge in [-0.05, 0) is 12.1 Å². The number of para-hydroxylation sites is 1. The van der Waals surface area contributed by atoms with E-state index in [4.69, 9.17) is 16.3 Å². The zero-order valence-corrected chi connectivity index (χ0v) is 11.5. The van der Waals surface area contributed by atoms with Crippen molar-refractivity contribution in [3.05, 3.63) is 23.2 Å². The third-order valence-corrected chi connectivity index (χ3v) is 4.23. The van der Waals surface area contributed by atoms with Gasteiger partial charge in [0, 0.05) is 13.1 Å². The first-order valence-corrected chi connectivity index (χ1v) is 7.04. The van der Waals surface area contributed by atoms with E-state index >= 15 is 0 Å². The molecule has 1 fully saturated rings. The number of thiazole rings is 1. The Bertz CT molecular complexity index is 638. The molecule has 1 aliphatic rings. The van der Waals surface area contributed by atoms with Crippen LogP contribution in [0.1, 0.15) is 11.1 Å². The van der Waals surface area contributed by atoms with Gasteiger partial charge in [0.25, 0.3) is 0 Å². The molecule has 8 heteroatoms. The first kappa shape index (κ1) is 13.3. The van der Waals surface area contributed by atoms with Crippen LogP contribution in [0.3, 0.4) is 0 Å². The molecule has 1 unspecified atom stereocenters. The molecule has 0 saturated carbocycles. The van der Waals surface area contributed by atoms with E-state index in [0.29, 0.717) is 17.8 Å². The number of anilines is 1. The number of primary amides is 1. The molecule has 1 aromatic carbocycles. The van der Waals surface area contributed by atoms with Crippen LogP contribution in [0.25, 0.3) is 10.2 Å². The molecule has 20 heavy (non-hydrogen) atoms. The fourth-order valence-corrected chi connectivity index (χ4v) is 3.16. The van der Waals surface area contributed by atoms with Gasteiger partial charge in [0.15, 0.2) is 0 Å². The van der Waals surface area contributed by atoms with Gasteiger partial charge in [-0.25, -0.2) is 20.6 Å². The van der Waals surface area contributed by atoms with Crippen molar-refractivity contribution in [1.82, 2.24) is 10.3 Å². The largest absolute Gasteiger partial charge is 0.368 e. The van der Waals surface area contributed by atoms with Crippen LogP contribution >= 0.6 is 11.3 Å². The van der Waals surface area contributed by atoms with E-state index in [2.05, 4.69) is 10.3 Å². The molecule has 5 N–H and O–H groups in total. The van der Waals surface area contributed by atoms with Crippen LogP contribution in [0, 0.1) is 0 Å². The number of nitrogens with two attached hydrogens (primary N) is 2. The van der Waals surface area contributed by atoms with Crippen LogP contribution < -0.4 is 21.9 Å². The molecule has 1 atom stereocenters. The fourth-order valence-electron chi connectivity index (χ4n) is 2.13. The summed E-state index contributed by atoms with van der Waals surface area (Å²) in [4.78, 5) is 15.8. The van der Waals surface area contributed by atoms with Gasteiger partial charge in [0.2, 0.25) is 0 Å². The van der Waals surface area contributed by atoms with Crippen LogP contribution in [0.15, 0.2) is 18.2 Å². The van der Waals surface area contributed by atoms with Gasteiger partial charge in [0.05, 0.1) is 17.0 Å². The fraction of sp³-hybridized carbons (Fsp3) is 0.333. The minimum absolute atomic E-state index is 0.0613. The Labute approximate surface area is 119 Å². The van der Waals surface area contributed by atoms with Crippen LogP contribution in [-0.4, -0.2) is 30.7 Å². The number of carbonyl (C=O) groups is 1. The second kappa shape index (κ2) is 5.33. The summed E-state index contributed by atoms with van der Waals surface area (Å²) in [5.74, 6) is 5.67. The number of hydrogen-bond acceptors (Lipinski definition) is 6. The topological polar surface area (TPSA) is 107 Å². The van der Waals surface area contributed by atoms with Gasteiger partial charge in [-0.1, -0.05) is 6.07 Å². The molecule has 2 amide bonds. The predicted octanol–water partition coefficient (Wildman–Crippen LogP) is 0.716. The average Bonchev–Trinajstić information content (AvgIpc) is 2.91. The second-order valence-electron chi connectivity index (χ2n) is 4.45. The minimum Gasteiger partial charge on any atom is -0.368 e. The van der Waals surface area contributed by atoms with Gasteiger partial charge in [-0.2, -0.15) is 0 Å². The first-order chi connectivity index (χ1) is 9.66. The lowest BCUT2D eigenvalue weighted by Crippen LogP contribution is -2.41. The number of benzene rings is 1. The van der Waals surface area contributed by atoms with Crippen LogP contribution in [-0.2, 0) is 4.74 Å². The highest BCUT2D eigenvalue weighted by atomic mass is 32.1. The SMILES string of the molecule is NC(=O)N(N)c1cccc2sc(C3CNCCO3)nc12. The molecule has 2 aromatic rings. The van der Waals surface area contributed by atoms with Crippen LogP contribution in [0.5, 0.6) is 0 Å². The Morgan fingerprint density at radius 3 is 3.10 bits per heavy atom.